The van der Waals surface area contributed by atoms with Gasteiger partial charge in [-0.15, -0.1) is 0 Å². The average molecular weight is 728 g/mol. The lowest BCUT2D eigenvalue weighted by Crippen LogP contribution is -2.51. The van der Waals surface area contributed by atoms with Crippen molar-refractivity contribution in [2.24, 2.45) is 5.73 Å². The minimum atomic E-state index is -1.93. The van der Waals surface area contributed by atoms with Gasteiger partial charge in [-0.05, 0) is 38.0 Å². The fourth-order valence-electron chi connectivity index (χ4n) is 6.23. The predicted molar refractivity (Wildman–Crippen MR) is 194 cm³/mol. The van der Waals surface area contributed by atoms with Crippen LogP contribution in [0.3, 0.4) is 0 Å². The number of phenolic OH excluding ortho intramolecular Hbond substituents is 2. The zero-order valence-corrected chi connectivity index (χ0v) is 31.1. The Morgan fingerprint density at radius 2 is 1.48 bits per heavy atom. The van der Waals surface area contributed by atoms with Gasteiger partial charge in [-0.3, -0.25) is 14.4 Å². The lowest BCUT2D eigenvalue weighted by molar-refractivity contribution is -0.204. The minimum absolute atomic E-state index is 0.00456. The Labute approximate surface area is 304 Å². The number of carbonyl (C=O) groups excluding carboxylic acids is 3. The monoisotopic (exact) mass is 727 g/mol. The van der Waals surface area contributed by atoms with Crippen molar-refractivity contribution in [1.29, 1.82) is 0 Å². The van der Waals surface area contributed by atoms with Gasteiger partial charge in [-0.1, -0.05) is 58.0 Å². The molecule has 286 valence electrons. The molecule has 3 aliphatic rings. The molecule has 6 rings (SSSR count). The Morgan fingerprint density at radius 1 is 0.885 bits per heavy atom. The number of rotatable bonds is 5. The Hall–Kier alpha value is -4.37. The van der Waals surface area contributed by atoms with Gasteiger partial charge in [0.1, 0.15) is 35.2 Å². The van der Waals surface area contributed by atoms with Gasteiger partial charge >= 0.3 is 0 Å². The van der Waals surface area contributed by atoms with Crippen LogP contribution in [0.15, 0.2) is 48.5 Å². The van der Waals surface area contributed by atoms with Crippen LogP contribution in [0.1, 0.15) is 90.4 Å². The van der Waals surface area contributed by atoms with Gasteiger partial charge in [0.05, 0.1) is 43.1 Å². The summed E-state index contributed by atoms with van der Waals surface area (Å²) in [5, 5.41) is 50.4. The maximum Gasteiger partial charge on any atom is 0.202 e. The SMILES string of the molecule is CC.CC.COC1C(N)CC(O)OC1C.COc1cccc2c1C(=O)c1c(O)c3c(c(O)c1C2=O)C[C@@](O)(C(=O)CO)CC3.COc1ccccc1. The summed E-state index contributed by atoms with van der Waals surface area (Å²) >= 11 is 0. The van der Waals surface area contributed by atoms with Crippen molar-refractivity contribution < 1.29 is 58.9 Å². The van der Waals surface area contributed by atoms with Crippen LogP contribution >= 0.6 is 0 Å². The van der Waals surface area contributed by atoms with Crippen molar-refractivity contribution in [3.05, 3.63) is 81.9 Å². The molecule has 0 bridgehead atoms. The second-order valence-electron chi connectivity index (χ2n) is 11.6. The molecule has 3 aromatic rings. The van der Waals surface area contributed by atoms with Gasteiger partial charge in [-0.25, -0.2) is 0 Å². The van der Waals surface area contributed by atoms with E-state index in [1.807, 2.05) is 65.0 Å². The number of phenols is 2. The molecule has 5 atom stereocenters. The number of aromatic hydroxyl groups is 2. The number of Topliss-reactive ketones (excluding diaryl/α,β-unsaturated/α-hetero) is 1. The van der Waals surface area contributed by atoms with Crippen LogP contribution in [0.5, 0.6) is 23.0 Å². The van der Waals surface area contributed by atoms with Gasteiger partial charge in [0.2, 0.25) is 5.78 Å². The fraction of sp³-hybridized carbons (Fsp3) is 0.462. The maximum absolute atomic E-state index is 13.1. The first-order valence-electron chi connectivity index (χ1n) is 17.3. The van der Waals surface area contributed by atoms with Crippen molar-refractivity contribution in [2.75, 3.05) is 27.9 Å². The quantitative estimate of drug-likeness (QED) is 0.161. The lowest BCUT2D eigenvalue weighted by atomic mass is 9.73. The first kappa shape index (κ1) is 43.8. The Bertz CT molecular complexity index is 1650. The summed E-state index contributed by atoms with van der Waals surface area (Å²) in [7, 11) is 4.61. The number of benzene rings is 3. The molecule has 4 unspecified atom stereocenters. The number of fused-ring (bicyclic) bond motifs is 3. The standard InChI is InChI=1S/C21H18O8.C7H15NO3.C7H8O.2C2H6/c1-29-12-4-2-3-10-14(12)20(27)16-15(18(10)25)19(26)11-7-21(28,13(23)8-22)6-5-9(11)17(16)24;1-4-7(10-2)5(8)3-6(9)11-4;1-8-7-5-3-2-4-6-7;2*1-2/h2-4,22,24,26,28H,5-8H2,1H3;4-7,9H,3,8H2,1-2H3;2-6H,1H3;2*1-2H3/t21-;;;;/m1..../s1. The molecule has 13 heteroatoms. The third-order valence-corrected chi connectivity index (χ3v) is 8.73. The third-order valence-electron chi connectivity index (χ3n) is 8.73. The van der Waals surface area contributed by atoms with Crippen molar-refractivity contribution in [2.45, 2.75) is 90.4 Å². The normalized spacial score (nSPS) is 22.4. The highest BCUT2D eigenvalue weighted by atomic mass is 16.6. The molecule has 0 saturated carbocycles. The second kappa shape index (κ2) is 20.0. The number of hydrogen-bond acceptors (Lipinski definition) is 13. The van der Waals surface area contributed by atoms with E-state index in [9.17, 15) is 29.7 Å². The lowest BCUT2D eigenvalue weighted by Gasteiger charge is -2.35. The number of aliphatic hydroxyl groups excluding tert-OH is 2. The molecule has 7 N–H and O–H groups in total. The highest BCUT2D eigenvalue weighted by Crippen LogP contribution is 2.48. The minimum Gasteiger partial charge on any atom is -0.507 e. The summed E-state index contributed by atoms with van der Waals surface area (Å²) in [6, 6.07) is 14.0. The molecule has 2 aliphatic carbocycles. The number of methoxy groups -OCH3 is 3. The number of nitrogens with two attached hydrogens (primary N) is 1. The fourth-order valence-corrected chi connectivity index (χ4v) is 6.23. The Morgan fingerprint density at radius 3 is 2.00 bits per heavy atom. The van der Waals surface area contributed by atoms with Gasteiger partial charge in [-0.2, -0.15) is 0 Å². The first-order valence-corrected chi connectivity index (χ1v) is 17.3. The Kier molecular flexibility index (Phi) is 16.9. The van der Waals surface area contributed by atoms with Crippen LogP contribution in [0.4, 0.5) is 0 Å². The molecule has 0 radical (unpaired) electrons. The van der Waals surface area contributed by atoms with Crippen LogP contribution in [0.2, 0.25) is 0 Å². The molecule has 1 heterocycles. The van der Waals surface area contributed by atoms with Crippen molar-refractivity contribution >= 4 is 17.3 Å². The summed E-state index contributed by atoms with van der Waals surface area (Å²) in [6.07, 6.45) is -1.02. The molecule has 1 saturated heterocycles. The van der Waals surface area contributed by atoms with Crippen LogP contribution in [-0.4, -0.2) is 101 Å². The summed E-state index contributed by atoms with van der Waals surface area (Å²) < 4.78 is 20.3. The molecule has 0 aromatic heterocycles. The van der Waals surface area contributed by atoms with E-state index in [-0.39, 0.29) is 76.6 Å². The molecule has 52 heavy (non-hydrogen) atoms. The van der Waals surface area contributed by atoms with Crippen LogP contribution in [0.25, 0.3) is 0 Å². The number of carbonyl (C=O) groups is 3. The summed E-state index contributed by atoms with van der Waals surface area (Å²) in [5.74, 6) is -2.08. The topological polar surface area (TPSA) is 215 Å². The zero-order valence-electron chi connectivity index (χ0n) is 31.1. The van der Waals surface area contributed by atoms with Gasteiger partial charge < -0.3 is 50.2 Å². The van der Waals surface area contributed by atoms with Crippen LogP contribution < -0.4 is 15.2 Å². The average Bonchev–Trinajstić information content (AvgIpc) is 3.16. The van der Waals surface area contributed by atoms with Gasteiger partial charge in [0, 0.05) is 42.7 Å². The van der Waals surface area contributed by atoms with E-state index in [1.54, 1.807) is 14.2 Å². The summed E-state index contributed by atoms with van der Waals surface area (Å²) in [4.78, 5) is 38.2. The summed E-state index contributed by atoms with van der Waals surface area (Å²) in [5.41, 5.74) is 3.33. The van der Waals surface area contributed by atoms with Crippen LogP contribution in [-0.2, 0) is 27.1 Å². The maximum atomic E-state index is 13.1. The number of hydrogen-bond donors (Lipinski definition) is 6. The van der Waals surface area contributed by atoms with E-state index in [2.05, 4.69) is 0 Å². The second-order valence-corrected chi connectivity index (χ2v) is 11.6. The van der Waals surface area contributed by atoms with Gasteiger partial charge in [0.25, 0.3) is 0 Å². The molecule has 1 fully saturated rings. The van der Waals surface area contributed by atoms with Gasteiger partial charge in [0.15, 0.2) is 17.9 Å². The number of ether oxygens (including phenoxy) is 4. The molecular weight excluding hydrogens is 674 g/mol. The van der Waals surface area contributed by atoms with E-state index < -0.39 is 47.3 Å². The van der Waals surface area contributed by atoms with E-state index >= 15 is 0 Å². The van der Waals surface area contributed by atoms with E-state index in [0.29, 0.717) is 6.42 Å². The number of ketones is 3. The number of para-hydroxylation sites is 1. The molecule has 0 amide bonds. The Balaban J connectivity index is 0.000000332. The first-order chi connectivity index (χ1) is 24.8. The summed E-state index contributed by atoms with van der Waals surface area (Å²) in [6.45, 7) is 8.96. The van der Waals surface area contributed by atoms with E-state index in [4.69, 9.17) is 34.9 Å². The highest BCUT2D eigenvalue weighted by molar-refractivity contribution is 6.31. The predicted octanol–water partition coefficient (Wildman–Crippen LogP) is 3.87. The molecular formula is C39H53NO12. The van der Waals surface area contributed by atoms with E-state index in [0.717, 1.165) is 5.75 Å². The van der Waals surface area contributed by atoms with Crippen molar-refractivity contribution in [3.8, 4) is 23.0 Å². The third kappa shape index (κ3) is 9.34. The molecule has 0 spiro atoms. The number of aliphatic hydroxyl groups is 3. The molecule has 13 nitrogen and oxygen atoms in total. The largest absolute Gasteiger partial charge is 0.507 e. The molecule has 1 aliphatic heterocycles. The van der Waals surface area contributed by atoms with Crippen molar-refractivity contribution in [1.82, 2.24) is 0 Å². The van der Waals surface area contributed by atoms with Crippen molar-refractivity contribution in [3.63, 3.8) is 0 Å². The highest BCUT2D eigenvalue weighted by Gasteiger charge is 2.45. The molecule has 3 aromatic carbocycles. The smallest absolute Gasteiger partial charge is 0.202 e. The van der Waals surface area contributed by atoms with Crippen LogP contribution in [0, 0.1) is 0 Å². The zero-order chi connectivity index (χ0) is 39.3. The van der Waals surface area contributed by atoms with E-state index in [1.165, 1.54) is 25.3 Å².